The number of imidazole rings is 1. The van der Waals surface area contributed by atoms with Gasteiger partial charge in [-0.15, -0.1) is 0 Å². The molecule has 1 aliphatic heterocycles. The van der Waals surface area contributed by atoms with Crippen LogP contribution in [0.25, 0.3) is 0 Å². The first-order valence-electron chi connectivity index (χ1n) is 9.88. The topological polar surface area (TPSA) is 51.0 Å². The molecule has 144 valence electrons. The molecule has 0 aliphatic carbocycles. The van der Waals surface area contributed by atoms with Gasteiger partial charge in [0.1, 0.15) is 5.82 Å². The molecule has 0 spiro atoms. The number of aryl methyl sites for hydroxylation is 2. The van der Waals surface area contributed by atoms with E-state index in [-0.39, 0.29) is 5.91 Å². The Morgan fingerprint density at radius 3 is 2.50 bits per heavy atom. The minimum Gasteiger partial charge on any atom is -0.339 e. The largest absolute Gasteiger partial charge is 0.339 e. The van der Waals surface area contributed by atoms with E-state index < -0.39 is 0 Å². The first-order valence-corrected chi connectivity index (χ1v) is 9.88. The lowest BCUT2D eigenvalue weighted by Gasteiger charge is -2.32. The van der Waals surface area contributed by atoms with Gasteiger partial charge < -0.3 is 9.47 Å². The molecule has 0 saturated carbocycles. The van der Waals surface area contributed by atoms with Crippen molar-refractivity contribution in [1.82, 2.24) is 19.4 Å². The number of carbonyl (C=O) groups excluding carboxylic acids is 1. The SMILES string of the molecule is Cc1ccc(C(=O)N2CCC(c3nccn3Cc3ccncc3)CC2)cc1C. The van der Waals surface area contributed by atoms with Crippen molar-refractivity contribution in [2.75, 3.05) is 13.1 Å². The number of amides is 1. The number of rotatable bonds is 4. The zero-order chi connectivity index (χ0) is 19.5. The maximum atomic E-state index is 12.9. The summed E-state index contributed by atoms with van der Waals surface area (Å²) in [6.07, 6.45) is 9.46. The summed E-state index contributed by atoms with van der Waals surface area (Å²) in [5, 5.41) is 0. The molecule has 2 aromatic heterocycles. The van der Waals surface area contributed by atoms with Crippen molar-refractivity contribution in [2.24, 2.45) is 0 Å². The summed E-state index contributed by atoms with van der Waals surface area (Å²) < 4.78 is 2.22. The van der Waals surface area contributed by atoms with Crippen LogP contribution < -0.4 is 0 Å². The molecule has 1 aliphatic rings. The third kappa shape index (κ3) is 3.84. The van der Waals surface area contributed by atoms with Gasteiger partial charge in [-0.25, -0.2) is 4.98 Å². The lowest BCUT2D eigenvalue weighted by molar-refractivity contribution is 0.0710. The van der Waals surface area contributed by atoms with Crippen LogP contribution in [0.3, 0.4) is 0 Å². The van der Waals surface area contributed by atoms with E-state index in [1.54, 1.807) is 0 Å². The Labute approximate surface area is 166 Å². The number of aromatic nitrogens is 3. The van der Waals surface area contributed by atoms with Crippen LogP contribution in [-0.4, -0.2) is 38.4 Å². The Hall–Kier alpha value is -2.95. The van der Waals surface area contributed by atoms with Crippen molar-refractivity contribution in [3.8, 4) is 0 Å². The van der Waals surface area contributed by atoms with Crippen molar-refractivity contribution in [2.45, 2.75) is 39.2 Å². The number of pyridine rings is 1. The Balaban J connectivity index is 1.41. The Bertz CT molecular complexity index is 956. The molecule has 3 aromatic rings. The first kappa shape index (κ1) is 18.4. The van der Waals surface area contributed by atoms with Crippen LogP contribution in [0.2, 0.25) is 0 Å². The summed E-state index contributed by atoms with van der Waals surface area (Å²) in [6.45, 7) is 6.49. The normalized spacial score (nSPS) is 15.0. The zero-order valence-corrected chi connectivity index (χ0v) is 16.5. The maximum Gasteiger partial charge on any atom is 0.253 e. The van der Waals surface area contributed by atoms with Crippen LogP contribution >= 0.6 is 0 Å². The number of nitrogens with zero attached hydrogens (tertiary/aromatic N) is 4. The second-order valence-electron chi connectivity index (χ2n) is 7.63. The fraction of sp³-hybridized carbons (Fsp3) is 0.348. The molecular weight excluding hydrogens is 348 g/mol. The Morgan fingerprint density at radius 2 is 1.79 bits per heavy atom. The summed E-state index contributed by atoms with van der Waals surface area (Å²) in [7, 11) is 0. The van der Waals surface area contributed by atoms with Gasteiger partial charge in [0, 0.05) is 55.9 Å². The second-order valence-corrected chi connectivity index (χ2v) is 7.63. The number of benzene rings is 1. The molecule has 5 heteroatoms. The van der Waals surface area contributed by atoms with Gasteiger partial charge in [-0.1, -0.05) is 6.07 Å². The number of hydrogen-bond donors (Lipinski definition) is 0. The number of hydrogen-bond acceptors (Lipinski definition) is 3. The monoisotopic (exact) mass is 374 g/mol. The Kier molecular flexibility index (Phi) is 5.24. The fourth-order valence-corrected chi connectivity index (χ4v) is 3.90. The van der Waals surface area contributed by atoms with E-state index in [0.29, 0.717) is 5.92 Å². The van der Waals surface area contributed by atoms with Crippen LogP contribution in [0, 0.1) is 13.8 Å². The maximum absolute atomic E-state index is 12.9. The van der Waals surface area contributed by atoms with Crippen LogP contribution in [-0.2, 0) is 6.54 Å². The minimum absolute atomic E-state index is 0.140. The quantitative estimate of drug-likeness (QED) is 0.694. The van der Waals surface area contributed by atoms with Gasteiger partial charge in [0.05, 0.1) is 0 Å². The molecular formula is C23H26N4O. The standard InChI is InChI=1S/C23H26N4O/c1-17-3-4-21(15-18(17)2)23(28)26-12-7-20(8-13-26)22-25-11-14-27(22)16-19-5-9-24-10-6-19/h3-6,9-11,14-15,20H,7-8,12-13,16H2,1-2H3. The van der Waals surface area contributed by atoms with Gasteiger partial charge in [-0.05, 0) is 67.6 Å². The van der Waals surface area contributed by atoms with Gasteiger partial charge in [0.25, 0.3) is 5.91 Å². The number of piperidine rings is 1. The zero-order valence-electron chi connectivity index (χ0n) is 16.5. The lowest BCUT2D eigenvalue weighted by Crippen LogP contribution is -2.38. The van der Waals surface area contributed by atoms with Crippen LogP contribution in [0.15, 0.2) is 55.1 Å². The molecule has 4 rings (SSSR count). The minimum atomic E-state index is 0.140. The van der Waals surface area contributed by atoms with Crippen molar-refractivity contribution in [3.05, 3.63) is 83.2 Å². The molecule has 5 nitrogen and oxygen atoms in total. The first-order chi connectivity index (χ1) is 13.6. The van der Waals surface area contributed by atoms with E-state index in [1.807, 2.05) is 60.0 Å². The highest BCUT2D eigenvalue weighted by Gasteiger charge is 2.27. The predicted octanol–water partition coefficient (Wildman–Crippen LogP) is 3.96. The van der Waals surface area contributed by atoms with E-state index >= 15 is 0 Å². The van der Waals surface area contributed by atoms with Gasteiger partial charge in [-0.2, -0.15) is 0 Å². The van der Waals surface area contributed by atoms with Crippen LogP contribution in [0.5, 0.6) is 0 Å². The van der Waals surface area contributed by atoms with Crippen LogP contribution in [0.1, 0.15) is 51.6 Å². The molecule has 0 N–H and O–H groups in total. The summed E-state index contributed by atoms with van der Waals surface area (Å²) >= 11 is 0. The molecule has 1 saturated heterocycles. The third-order valence-electron chi connectivity index (χ3n) is 5.75. The molecule has 0 unspecified atom stereocenters. The van der Waals surface area contributed by atoms with E-state index in [1.165, 1.54) is 16.7 Å². The molecule has 1 fully saturated rings. The summed E-state index contributed by atoms with van der Waals surface area (Å²) in [4.78, 5) is 23.6. The molecule has 0 radical (unpaired) electrons. The second kappa shape index (κ2) is 7.97. The molecule has 3 heterocycles. The van der Waals surface area contributed by atoms with E-state index in [9.17, 15) is 4.79 Å². The van der Waals surface area contributed by atoms with Crippen molar-refractivity contribution < 1.29 is 4.79 Å². The summed E-state index contributed by atoms with van der Waals surface area (Å²) in [6, 6.07) is 10.1. The number of likely N-dealkylation sites (tertiary alicyclic amines) is 1. The summed E-state index contributed by atoms with van der Waals surface area (Å²) in [5.74, 6) is 1.65. The average Bonchev–Trinajstić information content (AvgIpc) is 3.18. The molecule has 0 bridgehead atoms. The third-order valence-corrected chi connectivity index (χ3v) is 5.75. The van der Waals surface area contributed by atoms with E-state index in [0.717, 1.165) is 43.9 Å². The number of carbonyl (C=O) groups is 1. The van der Waals surface area contributed by atoms with Crippen molar-refractivity contribution >= 4 is 5.91 Å². The Morgan fingerprint density at radius 1 is 1.04 bits per heavy atom. The van der Waals surface area contributed by atoms with E-state index in [4.69, 9.17) is 0 Å². The molecule has 1 amide bonds. The smallest absolute Gasteiger partial charge is 0.253 e. The fourth-order valence-electron chi connectivity index (χ4n) is 3.90. The van der Waals surface area contributed by atoms with Crippen molar-refractivity contribution in [1.29, 1.82) is 0 Å². The van der Waals surface area contributed by atoms with Crippen LogP contribution in [0.4, 0.5) is 0 Å². The predicted molar refractivity (Wildman–Crippen MR) is 109 cm³/mol. The highest BCUT2D eigenvalue weighted by atomic mass is 16.2. The highest BCUT2D eigenvalue weighted by molar-refractivity contribution is 5.94. The van der Waals surface area contributed by atoms with Gasteiger partial charge >= 0.3 is 0 Å². The van der Waals surface area contributed by atoms with Gasteiger partial charge in [-0.3, -0.25) is 9.78 Å². The molecule has 1 aromatic carbocycles. The van der Waals surface area contributed by atoms with E-state index in [2.05, 4.69) is 28.4 Å². The van der Waals surface area contributed by atoms with Gasteiger partial charge in [0.2, 0.25) is 0 Å². The molecule has 28 heavy (non-hydrogen) atoms. The van der Waals surface area contributed by atoms with Crippen molar-refractivity contribution in [3.63, 3.8) is 0 Å². The summed E-state index contributed by atoms with van der Waals surface area (Å²) in [5.41, 5.74) is 4.40. The highest BCUT2D eigenvalue weighted by Crippen LogP contribution is 2.28. The average molecular weight is 374 g/mol. The lowest BCUT2D eigenvalue weighted by atomic mass is 9.95. The van der Waals surface area contributed by atoms with Gasteiger partial charge in [0.15, 0.2) is 0 Å². The molecule has 0 atom stereocenters.